The second kappa shape index (κ2) is 7.42. The molecule has 1 aliphatic carbocycles. The van der Waals surface area contributed by atoms with Crippen LogP contribution in [0.15, 0.2) is 30.3 Å². The highest BCUT2D eigenvalue weighted by atomic mass is 15.2. The molecule has 1 saturated carbocycles. The van der Waals surface area contributed by atoms with Gasteiger partial charge in [-0.25, -0.2) is 0 Å². The molecule has 3 rings (SSSR count). The van der Waals surface area contributed by atoms with Gasteiger partial charge in [0.05, 0.1) is 0 Å². The largest absolute Gasteiger partial charge is 0.311 e. The zero-order chi connectivity index (χ0) is 14.5. The zero-order valence-electron chi connectivity index (χ0n) is 13.4. The maximum Gasteiger partial charge on any atom is 0.0235 e. The molecule has 1 aromatic carbocycles. The van der Waals surface area contributed by atoms with Gasteiger partial charge in [-0.2, -0.15) is 0 Å². The van der Waals surface area contributed by atoms with E-state index in [1.165, 1.54) is 57.3 Å². The molecule has 1 aromatic rings. The Morgan fingerprint density at radius 1 is 1.10 bits per heavy atom. The van der Waals surface area contributed by atoms with Gasteiger partial charge in [-0.15, -0.1) is 0 Å². The van der Waals surface area contributed by atoms with Crippen molar-refractivity contribution in [2.75, 3.05) is 26.2 Å². The van der Waals surface area contributed by atoms with Crippen LogP contribution in [0.5, 0.6) is 0 Å². The van der Waals surface area contributed by atoms with Crippen molar-refractivity contribution in [1.29, 1.82) is 0 Å². The van der Waals surface area contributed by atoms with Crippen LogP contribution in [0, 0.1) is 11.8 Å². The molecule has 0 bridgehead atoms. The van der Waals surface area contributed by atoms with Gasteiger partial charge in [-0.05, 0) is 36.7 Å². The molecule has 0 radical (unpaired) electrons. The molecule has 1 heterocycles. The van der Waals surface area contributed by atoms with Crippen molar-refractivity contribution in [3.63, 3.8) is 0 Å². The quantitative estimate of drug-likeness (QED) is 0.913. The number of hydrogen-bond acceptors (Lipinski definition) is 2. The SMILES string of the molecule is CC1CCC(CN2CCNC(Cc3ccccc3)C2)CC1. The van der Waals surface area contributed by atoms with Gasteiger partial charge in [-0.3, -0.25) is 0 Å². The van der Waals surface area contributed by atoms with E-state index in [1.807, 2.05) is 0 Å². The van der Waals surface area contributed by atoms with Gasteiger partial charge in [0.25, 0.3) is 0 Å². The van der Waals surface area contributed by atoms with E-state index < -0.39 is 0 Å². The van der Waals surface area contributed by atoms with Gasteiger partial charge < -0.3 is 10.2 Å². The highest BCUT2D eigenvalue weighted by Gasteiger charge is 2.24. The van der Waals surface area contributed by atoms with E-state index in [0.717, 1.165) is 18.4 Å². The van der Waals surface area contributed by atoms with Crippen molar-refractivity contribution in [2.24, 2.45) is 11.8 Å². The lowest BCUT2D eigenvalue weighted by atomic mass is 9.82. The van der Waals surface area contributed by atoms with Gasteiger partial charge in [0.2, 0.25) is 0 Å². The van der Waals surface area contributed by atoms with Crippen LogP contribution in [-0.2, 0) is 6.42 Å². The third kappa shape index (κ3) is 4.55. The van der Waals surface area contributed by atoms with Gasteiger partial charge in [0, 0.05) is 32.2 Å². The van der Waals surface area contributed by atoms with E-state index in [2.05, 4.69) is 47.5 Å². The Morgan fingerprint density at radius 3 is 2.62 bits per heavy atom. The molecule has 1 aliphatic heterocycles. The molecule has 0 aromatic heterocycles. The summed E-state index contributed by atoms with van der Waals surface area (Å²) in [7, 11) is 0. The minimum Gasteiger partial charge on any atom is -0.311 e. The summed E-state index contributed by atoms with van der Waals surface area (Å²) in [6, 6.07) is 11.5. The molecule has 1 N–H and O–H groups in total. The summed E-state index contributed by atoms with van der Waals surface area (Å²) < 4.78 is 0. The summed E-state index contributed by atoms with van der Waals surface area (Å²) in [5.41, 5.74) is 1.46. The fourth-order valence-corrected chi connectivity index (χ4v) is 3.97. The Kier molecular flexibility index (Phi) is 5.32. The molecule has 116 valence electrons. The van der Waals surface area contributed by atoms with E-state index in [9.17, 15) is 0 Å². The van der Waals surface area contributed by atoms with Crippen molar-refractivity contribution in [3.05, 3.63) is 35.9 Å². The van der Waals surface area contributed by atoms with Crippen LogP contribution in [0.3, 0.4) is 0 Å². The van der Waals surface area contributed by atoms with Crippen LogP contribution in [0.4, 0.5) is 0 Å². The molecule has 2 fully saturated rings. The monoisotopic (exact) mass is 286 g/mol. The van der Waals surface area contributed by atoms with Crippen LogP contribution in [0.2, 0.25) is 0 Å². The molecule has 2 nitrogen and oxygen atoms in total. The first kappa shape index (κ1) is 15.1. The minimum atomic E-state index is 0.628. The first-order chi connectivity index (χ1) is 10.3. The van der Waals surface area contributed by atoms with E-state index in [1.54, 1.807) is 0 Å². The lowest BCUT2D eigenvalue weighted by Crippen LogP contribution is -2.52. The highest BCUT2D eigenvalue weighted by Crippen LogP contribution is 2.29. The van der Waals surface area contributed by atoms with E-state index in [0.29, 0.717) is 6.04 Å². The Hall–Kier alpha value is -0.860. The molecule has 1 atom stereocenters. The number of benzene rings is 1. The average molecular weight is 286 g/mol. The number of hydrogen-bond donors (Lipinski definition) is 1. The van der Waals surface area contributed by atoms with Crippen molar-refractivity contribution < 1.29 is 0 Å². The lowest BCUT2D eigenvalue weighted by Gasteiger charge is -2.37. The molecule has 1 unspecified atom stereocenters. The number of nitrogens with zero attached hydrogens (tertiary/aromatic N) is 1. The molecule has 2 aliphatic rings. The zero-order valence-corrected chi connectivity index (χ0v) is 13.4. The third-order valence-corrected chi connectivity index (χ3v) is 5.32. The maximum absolute atomic E-state index is 3.70. The summed E-state index contributed by atoms with van der Waals surface area (Å²) in [4.78, 5) is 2.71. The first-order valence-electron chi connectivity index (χ1n) is 8.79. The first-order valence-corrected chi connectivity index (χ1v) is 8.79. The minimum absolute atomic E-state index is 0.628. The fourth-order valence-electron chi connectivity index (χ4n) is 3.97. The molecule has 21 heavy (non-hydrogen) atoms. The van der Waals surface area contributed by atoms with E-state index >= 15 is 0 Å². The van der Waals surface area contributed by atoms with Gasteiger partial charge in [0.15, 0.2) is 0 Å². The third-order valence-electron chi connectivity index (χ3n) is 5.32. The summed E-state index contributed by atoms with van der Waals surface area (Å²) >= 11 is 0. The van der Waals surface area contributed by atoms with Gasteiger partial charge in [-0.1, -0.05) is 50.1 Å². The second-order valence-corrected chi connectivity index (χ2v) is 7.23. The Morgan fingerprint density at radius 2 is 1.86 bits per heavy atom. The number of rotatable bonds is 4. The summed E-state index contributed by atoms with van der Waals surface area (Å²) in [6.07, 6.45) is 6.97. The van der Waals surface area contributed by atoms with Crippen molar-refractivity contribution in [3.8, 4) is 0 Å². The smallest absolute Gasteiger partial charge is 0.0235 e. The fraction of sp³-hybridized carbons (Fsp3) is 0.684. The molecule has 2 heteroatoms. The lowest BCUT2D eigenvalue weighted by molar-refractivity contribution is 0.147. The predicted molar refractivity (Wildman–Crippen MR) is 89.5 cm³/mol. The summed E-state index contributed by atoms with van der Waals surface area (Å²) in [6.45, 7) is 7.36. The number of nitrogens with one attached hydrogen (secondary N) is 1. The van der Waals surface area contributed by atoms with E-state index in [-0.39, 0.29) is 0 Å². The Labute approximate surface area is 129 Å². The maximum atomic E-state index is 3.70. The number of piperazine rings is 1. The second-order valence-electron chi connectivity index (χ2n) is 7.23. The van der Waals surface area contributed by atoms with Crippen molar-refractivity contribution >= 4 is 0 Å². The summed E-state index contributed by atoms with van der Waals surface area (Å²) in [5, 5.41) is 3.70. The molecular formula is C19H30N2. The van der Waals surface area contributed by atoms with Crippen LogP contribution >= 0.6 is 0 Å². The topological polar surface area (TPSA) is 15.3 Å². The normalized spacial score (nSPS) is 31.2. The average Bonchev–Trinajstić information content (AvgIpc) is 2.51. The molecular weight excluding hydrogens is 256 g/mol. The highest BCUT2D eigenvalue weighted by molar-refractivity contribution is 5.16. The standard InChI is InChI=1S/C19H30N2/c1-16-7-9-18(10-8-16)14-21-12-11-20-19(15-21)13-17-5-3-2-4-6-17/h2-6,16,18-20H,7-15H2,1H3. The van der Waals surface area contributed by atoms with Gasteiger partial charge in [0.1, 0.15) is 0 Å². The predicted octanol–water partition coefficient (Wildman–Crippen LogP) is 3.33. The van der Waals surface area contributed by atoms with Crippen LogP contribution in [-0.4, -0.2) is 37.1 Å². The van der Waals surface area contributed by atoms with Crippen molar-refractivity contribution in [2.45, 2.75) is 45.1 Å². The molecule has 0 amide bonds. The summed E-state index contributed by atoms with van der Waals surface area (Å²) in [5.74, 6) is 1.92. The Bertz CT molecular complexity index is 409. The van der Waals surface area contributed by atoms with Gasteiger partial charge >= 0.3 is 0 Å². The van der Waals surface area contributed by atoms with Crippen LogP contribution in [0.25, 0.3) is 0 Å². The molecule has 1 saturated heterocycles. The Balaban J connectivity index is 1.47. The van der Waals surface area contributed by atoms with Crippen LogP contribution in [0.1, 0.15) is 38.2 Å². The molecule has 0 spiro atoms. The van der Waals surface area contributed by atoms with Crippen molar-refractivity contribution in [1.82, 2.24) is 10.2 Å². The van der Waals surface area contributed by atoms with E-state index in [4.69, 9.17) is 0 Å². The van der Waals surface area contributed by atoms with Crippen LogP contribution < -0.4 is 5.32 Å².